The van der Waals surface area contributed by atoms with E-state index in [0.717, 1.165) is 37.1 Å². The number of hydrogen-bond acceptors (Lipinski definition) is 5. The molecule has 2 aromatic rings. The highest BCUT2D eigenvalue weighted by molar-refractivity contribution is 7.83. The largest absolute Gasteiger partial charge is 0.320 e. The second-order valence-electron chi connectivity index (χ2n) is 7.66. The van der Waals surface area contributed by atoms with Crippen molar-refractivity contribution in [2.45, 2.75) is 83.2 Å². The lowest BCUT2D eigenvalue weighted by Crippen LogP contribution is -2.50. The van der Waals surface area contributed by atoms with Gasteiger partial charge < -0.3 is 9.72 Å². The molecule has 33 heavy (non-hydrogen) atoms. The van der Waals surface area contributed by atoms with Crippen LogP contribution >= 0.6 is 24.2 Å². The van der Waals surface area contributed by atoms with E-state index in [4.69, 9.17) is 11.6 Å². The Labute approximate surface area is 211 Å². The molecule has 2 heterocycles. The Balaban J connectivity index is 0.000000716. The average Bonchev–Trinajstić information content (AvgIpc) is 3.21. The van der Waals surface area contributed by atoms with Crippen molar-refractivity contribution in [3.05, 3.63) is 29.3 Å². The van der Waals surface area contributed by atoms with Gasteiger partial charge in [0.15, 0.2) is 0 Å². The molecule has 0 radical (unpaired) electrons. The van der Waals surface area contributed by atoms with Gasteiger partial charge in [-0.3, -0.25) is 0 Å². The number of alkyl halides is 1. The first-order valence-electron chi connectivity index (χ1n) is 11.3. The van der Waals surface area contributed by atoms with Gasteiger partial charge in [0.1, 0.15) is 22.3 Å². The molecule has 3 rings (SSSR count). The molecular weight excluding hydrogens is 481 g/mol. The average molecular weight is 520 g/mol. The van der Waals surface area contributed by atoms with Gasteiger partial charge in [-0.1, -0.05) is 46.2 Å². The highest BCUT2D eigenvalue weighted by Gasteiger charge is 2.38. The molecule has 0 aliphatic heterocycles. The van der Waals surface area contributed by atoms with Crippen LogP contribution in [0.2, 0.25) is 5.02 Å². The van der Waals surface area contributed by atoms with E-state index < -0.39 is 22.7 Å². The third kappa shape index (κ3) is 9.91. The van der Waals surface area contributed by atoms with Crippen LogP contribution in [0.25, 0.3) is 5.52 Å². The van der Waals surface area contributed by atoms with Crippen molar-refractivity contribution in [2.24, 2.45) is 5.92 Å². The quantitative estimate of drug-likeness (QED) is 0.426. The van der Waals surface area contributed by atoms with Gasteiger partial charge in [0.25, 0.3) is 0 Å². The van der Waals surface area contributed by atoms with Crippen LogP contribution in [0, 0.1) is 17.2 Å². The number of nitrogens with one attached hydrogen (secondary N) is 2. The summed E-state index contributed by atoms with van der Waals surface area (Å²) in [7, 11) is 0.438. The summed E-state index contributed by atoms with van der Waals surface area (Å²) < 4.78 is 29.0. The minimum atomic E-state index is -1.49. The summed E-state index contributed by atoms with van der Waals surface area (Å²) >= 11 is 10.4. The van der Waals surface area contributed by atoms with Gasteiger partial charge in [-0.05, 0) is 51.8 Å². The zero-order valence-electron chi connectivity index (χ0n) is 20.8. The van der Waals surface area contributed by atoms with Crippen LogP contribution in [-0.2, 0) is 16.7 Å². The summed E-state index contributed by atoms with van der Waals surface area (Å²) in [5.74, 6) is 1.37. The smallest absolute Gasteiger partial charge is 0.127 e. The van der Waals surface area contributed by atoms with E-state index >= 15 is 0 Å². The molecule has 1 aliphatic carbocycles. The standard InChI is InChI=1S/C13H13ClN4OS2.C5H11F.C3H9N.C2H6/c14-10-4-9(6-18-11(10)5-16-12(18)7-20)21(19)17-13(8-15)2-1-3-13;1-4(2)5(3)6;1-3-4-2;1-2/h4-6,17,20H,1-3,7H2;4-5H,1-3H3;4H,3H2,1-2H3;1-2H3. The summed E-state index contributed by atoms with van der Waals surface area (Å²) in [5, 5.41) is 12.6. The number of aromatic nitrogens is 2. The number of nitrogens with zero attached hydrogens (tertiary/aromatic N) is 3. The van der Waals surface area contributed by atoms with Crippen molar-refractivity contribution in [3.63, 3.8) is 0 Å². The Kier molecular flexibility index (Phi) is 15.9. The highest BCUT2D eigenvalue weighted by atomic mass is 35.5. The first-order valence-corrected chi connectivity index (χ1v) is 13.5. The maximum Gasteiger partial charge on any atom is 0.127 e. The normalized spacial score (nSPS) is 15.5. The van der Waals surface area contributed by atoms with Gasteiger partial charge >= 0.3 is 0 Å². The Bertz CT molecular complexity index is 887. The van der Waals surface area contributed by atoms with Gasteiger partial charge in [-0.2, -0.15) is 17.9 Å². The SMILES string of the molecule is CC.CC(C)C(C)F.CCNC.N#CC1(NS(=O)c2cc(Cl)c3cnc(CS)n3c2)CCC1. The minimum absolute atomic E-state index is 0.185. The highest BCUT2D eigenvalue weighted by Crippen LogP contribution is 2.32. The molecule has 2 unspecified atom stereocenters. The Morgan fingerprint density at radius 3 is 2.30 bits per heavy atom. The van der Waals surface area contributed by atoms with Gasteiger partial charge in [0.2, 0.25) is 0 Å². The summed E-state index contributed by atoms with van der Waals surface area (Å²) in [4.78, 5) is 4.75. The van der Waals surface area contributed by atoms with E-state index in [1.807, 2.05) is 34.7 Å². The first-order chi connectivity index (χ1) is 15.6. The number of halogens is 2. The van der Waals surface area contributed by atoms with E-state index in [1.165, 1.54) is 0 Å². The fourth-order valence-corrected chi connectivity index (χ4v) is 4.01. The lowest BCUT2D eigenvalue weighted by molar-refractivity contribution is 0.280. The van der Waals surface area contributed by atoms with E-state index in [-0.39, 0.29) is 5.92 Å². The van der Waals surface area contributed by atoms with Crippen molar-refractivity contribution in [3.8, 4) is 6.07 Å². The van der Waals surface area contributed by atoms with Crippen molar-refractivity contribution in [1.82, 2.24) is 19.4 Å². The summed E-state index contributed by atoms with van der Waals surface area (Å²) in [6.07, 6.45) is 5.16. The van der Waals surface area contributed by atoms with E-state index in [1.54, 1.807) is 29.8 Å². The van der Waals surface area contributed by atoms with Gasteiger partial charge in [-0.15, -0.1) is 0 Å². The fourth-order valence-electron chi connectivity index (χ4n) is 2.31. The van der Waals surface area contributed by atoms with Crippen molar-refractivity contribution in [2.75, 3.05) is 13.6 Å². The molecule has 1 fully saturated rings. The van der Waals surface area contributed by atoms with Crippen LogP contribution in [0.15, 0.2) is 23.4 Å². The second kappa shape index (κ2) is 16.4. The molecule has 1 saturated carbocycles. The number of rotatable bonds is 6. The predicted octanol–water partition coefficient (Wildman–Crippen LogP) is 5.73. The lowest BCUT2D eigenvalue weighted by Gasteiger charge is -2.35. The zero-order valence-corrected chi connectivity index (χ0v) is 23.3. The van der Waals surface area contributed by atoms with Crippen LogP contribution in [-0.4, -0.2) is 38.9 Å². The third-order valence-corrected chi connectivity index (χ3v) is 6.79. The van der Waals surface area contributed by atoms with Crippen LogP contribution < -0.4 is 10.0 Å². The number of pyridine rings is 1. The zero-order chi connectivity index (χ0) is 25.6. The van der Waals surface area contributed by atoms with Crippen LogP contribution in [0.4, 0.5) is 4.39 Å². The Hall–Kier alpha value is -1.18. The lowest BCUT2D eigenvalue weighted by atomic mass is 9.79. The molecule has 2 atom stereocenters. The molecule has 10 heteroatoms. The molecule has 0 saturated heterocycles. The first kappa shape index (κ1) is 31.8. The molecule has 0 spiro atoms. The van der Waals surface area contributed by atoms with Gasteiger partial charge in [-0.25, -0.2) is 18.3 Å². The summed E-state index contributed by atoms with van der Waals surface area (Å²) in [5.41, 5.74) is 0.0771. The predicted molar refractivity (Wildman–Crippen MR) is 141 cm³/mol. The Morgan fingerprint density at radius 1 is 1.39 bits per heavy atom. The minimum Gasteiger partial charge on any atom is -0.320 e. The maximum atomic E-state index is 12.5. The number of imidazole rings is 1. The van der Waals surface area contributed by atoms with E-state index in [2.05, 4.69) is 40.6 Å². The van der Waals surface area contributed by atoms with Crippen molar-refractivity contribution in [1.29, 1.82) is 5.26 Å². The number of thiol groups is 1. The van der Waals surface area contributed by atoms with E-state index in [0.29, 0.717) is 15.7 Å². The molecule has 1 aliphatic rings. The number of hydrogen-bond donors (Lipinski definition) is 3. The summed E-state index contributed by atoms with van der Waals surface area (Å²) in [6.45, 7) is 12.4. The molecule has 6 nitrogen and oxygen atoms in total. The number of fused-ring (bicyclic) bond motifs is 1. The molecule has 2 aromatic heterocycles. The summed E-state index contributed by atoms with van der Waals surface area (Å²) in [6, 6.07) is 3.86. The van der Waals surface area contributed by atoms with Gasteiger partial charge in [0.05, 0.1) is 33.9 Å². The second-order valence-corrected chi connectivity index (χ2v) is 9.59. The topological polar surface area (TPSA) is 82.2 Å². The monoisotopic (exact) mass is 519 g/mol. The van der Waals surface area contributed by atoms with Crippen molar-refractivity contribution < 1.29 is 8.60 Å². The maximum absolute atomic E-state index is 12.5. The molecule has 0 amide bonds. The number of nitriles is 1. The van der Waals surface area contributed by atoms with Crippen LogP contribution in [0.5, 0.6) is 0 Å². The third-order valence-electron chi connectivity index (χ3n) is 4.98. The molecule has 0 aromatic carbocycles. The molecule has 0 bridgehead atoms. The van der Waals surface area contributed by atoms with Crippen molar-refractivity contribution >= 4 is 40.7 Å². The van der Waals surface area contributed by atoms with Gasteiger partial charge in [0, 0.05) is 11.9 Å². The van der Waals surface area contributed by atoms with E-state index in [9.17, 15) is 13.9 Å². The molecule has 188 valence electrons. The fraction of sp³-hybridized carbons (Fsp3) is 0.652. The molecular formula is C23H39ClFN5OS2. The Morgan fingerprint density at radius 2 is 1.94 bits per heavy atom. The van der Waals surface area contributed by atoms with Crippen LogP contribution in [0.1, 0.15) is 66.6 Å². The van der Waals surface area contributed by atoms with Crippen LogP contribution in [0.3, 0.4) is 0 Å². The molecule has 2 N–H and O–H groups in total.